The summed E-state index contributed by atoms with van der Waals surface area (Å²) in [5.41, 5.74) is 0. The zero-order valence-electron chi connectivity index (χ0n) is 19.3. The Labute approximate surface area is 202 Å². The van der Waals surface area contributed by atoms with Gasteiger partial charge in [-0.3, -0.25) is 0 Å². The Bertz CT molecular complexity index is 702. The average Bonchev–Trinajstić information content (AvgIpc) is 2.72. The molecule has 0 spiro atoms. The molecule has 0 aromatic rings. The first-order valence-electron chi connectivity index (χ1n) is 10.3. The minimum absolute atomic E-state index is 0.0645. The van der Waals surface area contributed by atoms with Crippen molar-refractivity contribution in [3.63, 3.8) is 0 Å². The third-order valence-corrected chi connectivity index (χ3v) is 7.75. The summed E-state index contributed by atoms with van der Waals surface area (Å²) in [6.45, 7) is 1.25. The van der Waals surface area contributed by atoms with Crippen LogP contribution < -0.4 is 0 Å². The number of nitrogens with zero attached hydrogens (tertiary/aromatic N) is 1. The summed E-state index contributed by atoms with van der Waals surface area (Å²) in [5, 5.41) is 2.77. The van der Waals surface area contributed by atoms with Crippen molar-refractivity contribution in [2.75, 3.05) is 32.9 Å². The number of alkyl halides is 15. The molecule has 20 heteroatoms. The molecule has 0 rings (SSSR count). The SMILES string of the molecule is CCO[Si](CCC[N-]CC(F)(F)C(F)(F)C(F)(F)C(F)(F)C(F)(F)C(F)(F)C(F)(F)F)(OCC)OCC. The molecule has 0 radical (unpaired) electrons. The standard InChI is InChI=1S/C17H23F15NO3Si/c1-4-34-37(35-5-2,36-6-3)9-7-8-33-10-11(18,19)12(20,21)13(22,23)14(24,25)15(26,27)16(28,29)17(30,31)32/h4-10H2,1-3H3/q-1. The molecule has 0 fully saturated rings. The lowest BCUT2D eigenvalue weighted by Crippen LogP contribution is -2.72. The van der Waals surface area contributed by atoms with Gasteiger partial charge in [0.2, 0.25) is 0 Å². The van der Waals surface area contributed by atoms with Crippen LogP contribution in [0.2, 0.25) is 6.04 Å². The predicted octanol–water partition coefficient (Wildman–Crippen LogP) is 7.17. The molecule has 0 heterocycles. The number of halogens is 15. The molecule has 224 valence electrons. The zero-order chi connectivity index (χ0) is 29.8. The van der Waals surface area contributed by atoms with E-state index in [0.29, 0.717) is 0 Å². The van der Waals surface area contributed by atoms with Crippen LogP contribution in [0.5, 0.6) is 0 Å². The van der Waals surface area contributed by atoms with Crippen molar-refractivity contribution in [3.8, 4) is 0 Å². The van der Waals surface area contributed by atoms with Gasteiger partial charge in [-0.25, -0.2) is 8.78 Å². The van der Waals surface area contributed by atoms with Gasteiger partial charge in [0, 0.05) is 25.9 Å². The molecule has 0 atom stereocenters. The Morgan fingerprint density at radius 2 is 0.892 bits per heavy atom. The summed E-state index contributed by atoms with van der Waals surface area (Å²) < 4.78 is 214. The van der Waals surface area contributed by atoms with Crippen LogP contribution in [0.25, 0.3) is 5.32 Å². The highest BCUT2D eigenvalue weighted by molar-refractivity contribution is 6.60. The van der Waals surface area contributed by atoms with Crippen molar-refractivity contribution < 1.29 is 79.1 Å². The van der Waals surface area contributed by atoms with Crippen molar-refractivity contribution in [3.05, 3.63) is 5.32 Å². The second-order valence-electron chi connectivity index (χ2n) is 7.27. The van der Waals surface area contributed by atoms with E-state index in [-0.39, 0.29) is 32.3 Å². The summed E-state index contributed by atoms with van der Waals surface area (Å²) in [5.74, 6) is -46.6. The van der Waals surface area contributed by atoms with E-state index in [2.05, 4.69) is 5.32 Å². The van der Waals surface area contributed by atoms with E-state index in [1.807, 2.05) is 0 Å². The van der Waals surface area contributed by atoms with Gasteiger partial charge in [-0.05, 0) is 20.8 Å². The van der Waals surface area contributed by atoms with Crippen molar-refractivity contribution in [2.45, 2.75) is 74.9 Å². The van der Waals surface area contributed by atoms with Crippen LogP contribution >= 0.6 is 0 Å². The number of rotatable bonds is 17. The van der Waals surface area contributed by atoms with Crippen LogP contribution in [0, 0.1) is 0 Å². The zero-order valence-corrected chi connectivity index (χ0v) is 20.3. The molecule has 0 aliphatic carbocycles. The van der Waals surface area contributed by atoms with Gasteiger partial charge in [0.05, 0.1) is 0 Å². The van der Waals surface area contributed by atoms with Crippen LogP contribution in [0.3, 0.4) is 0 Å². The largest absolute Gasteiger partial charge is 0.657 e. The van der Waals surface area contributed by atoms with Gasteiger partial charge < -0.3 is 18.6 Å². The molecule has 0 amide bonds. The lowest BCUT2D eigenvalue weighted by molar-refractivity contribution is -0.451. The Kier molecular flexibility index (Phi) is 11.7. The van der Waals surface area contributed by atoms with Gasteiger partial charge in [-0.1, -0.05) is 13.0 Å². The first-order chi connectivity index (χ1) is 16.4. The van der Waals surface area contributed by atoms with E-state index in [1.165, 1.54) is 20.8 Å². The molecule has 0 aromatic carbocycles. The van der Waals surface area contributed by atoms with Crippen molar-refractivity contribution in [1.82, 2.24) is 0 Å². The van der Waals surface area contributed by atoms with Crippen molar-refractivity contribution in [1.29, 1.82) is 0 Å². The van der Waals surface area contributed by atoms with Crippen LogP contribution in [0.1, 0.15) is 27.2 Å². The molecule has 0 aliphatic heterocycles. The molecule has 37 heavy (non-hydrogen) atoms. The summed E-state index contributed by atoms with van der Waals surface area (Å²) in [7, 11) is -3.40. The predicted molar refractivity (Wildman–Crippen MR) is 98.9 cm³/mol. The summed E-state index contributed by atoms with van der Waals surface area (Å²) in [6.07, 6.45) is -7.96. The van der Waals surface area contributed by atoms with E-state index in [9.17, 15) is 65.9 Å². The van der Waals surface area contributed by atoms with Crippen LogP contribution in [-0.4, -0.2) is 83.4 Å². The molecular weight excluding hydrogens is 579 g/mol. The molecule has 0 aromatic heterocycles. The van der Waals surface area contributed by atoms with Gasteiger partial charge in [0.1, 0.15) is 0 Å². The Morgan fingerprint density at radius 1 is 0.541 bits per heavy atom. The maximum atomic E-state index is 13.8. The van der Waals surface area contributed by atoms with Crippen molar-refractivity contribution in [2.24, 2.45) is 0 Å². The minimum atomic E-state index is -8.30. The molecule has 0 saturated heterocycles. The summed E-state index contributed by atoms with van der Waals surface area (Å²) in [6, 6.07) is -0.166. The lowest BCUT2D eigenvalue weighted by atomic mass is 9.91. The van der Waals surface area contributed by atoms with E-state index in [1.54, 1.807) is 0 Å². The summed E-state index contributed by atoms with van der Waals surface area (Å²) >= 11 is 0. The first kappa shape index (κ1) is 36.0. The highest BCUT2D eigenvalue weighted by Crippen LogP contribution is 2.62. The van der Waals surface area contributed by atoms with Crippen molar-refractivity contribution >= 4 is 8.80 Å². The van der Waals surface area contributed by atoms with Crippen LogP contribution in [-0.2, 0) is 13.3 Å². The molecule has 4 nitrogen and oxygen atoms in total. The molecule has 0 bridgehead atoms. The quantitative estimate of drug-likeness (QED) is 0.101. The van der Waals surface area contributed by atoms with Crippen LogP contribution in [0.15, 0.2) is 0 Å². The third kappa shape index (κ3) is 6.78. The normalized spacial score (nSPS) is 15.4. The van der Waals surface area contributed by atoms with E-state index >= 15 is 0 Å². The van der Waals surface area contributed by atoms with E-state index < -0.39 is 63.6 Å². The maximum Gasteiger partial charge on any atom is 0.500 e. The van der Waals surface area contributed by atoms with Crippen LogP contribution in [0.4, 0.5) is 65.9 Å². The molecule has 0 aliphatic rings. The average molecular weight is 602 g/mol. The van der Waals surface area contributed by atoms with Gasteiger partial charge >= 0.3 is 44.6 Å². The lowest BCUT2D eigenvalue weighted by Gasteiger charge is -2.42. The monoisotopic (exact) mass is 602 g/mol. The fraction of sp³-hybridized carbons (Fsp3) is 1.00. The minimum Gasteiger partial charge on any atom is -0.657 e. The second-order valence-corrected chi connectivity index (χ2v) is 10.00. The highest BCUT2D eigenvalue weighted by atomic mass is 28.4. The third-order valence-electron chi connectivity index (χ3n) is 4.60. The fourth-order valence-corrected chi connectivity index (χ4v) is 5.32. The van der Waals surface area contributed by atoms with Gasteiger partial charge in [-0.15, -0.1) is 6.54 Å². The number of hydrogen-bond donors (Lipinski definition) is 0. The smallest absolute Gasteiger partial charge is 0.500 e. The van der Waals surface area contributed by atoms with E-state index in [0.717, 1.165) is 0 Å². The van der Waals surface area contributed by atoms with Gasteiger partial charge in [-0.2, -0.15) is 57.1 Å². The topological polar surface area (TPSA) is 41.8 Å². The molecule has 0 N–H and O–H groups in total. The highest BCUT2D eigenvalue weighted by Gasteiger charge is 2.92. The molecular formula is C17H23F15NO3Si-. The van der Waals surface area contributed by atoms with Gasteiger partial charge in [0.15, 0.2) is 0 Å². The second kappa shape index (κ2) is 12.0. The van der Waals surface area contributed by atoms with Gasteiger partial charge in [0.25, 0.3) is 5.92 Å². The molecule has 0 saturated carbocycles. The molecule has 0 unspecified atom stereocenters. The van der Waals surface area contributed by atoms with E-state index in [4.69, 9.17) is 13.3 Å². The first-order valence-corrected chi connectivity index (χ1v) is 12.2. The Morgan fingerprint density at radius 3 is 1.24 bits per heavy atom. The summed E-state index contributed by atoms with van der Waals surface area (Å²) in [4.78, 5) is 0. The maximum absolute atomic E-state index is 13.8. The Balaban J connectivity index is 5.69. The number of hydrogen-bond acceptors (Lipinski definition) is 3. The Hall–Kier alpha value is -0.993. The fourth-order valence-electron chi connectivity index (χ4n) is 2.73.